The van der Waals surface area contributed by atoms with Crippen molar-refractivity contribution in [3.8, 4) is 6.07 Å². The minimum absolute atomic E-state index is 0.0660. The van der Waals surface area contributed by atoms with Crippen LogP contribution < -0.4 is 10.9 Å². The molecule has 0 atom stereocenters. The molecule has 0 aliphatic carbocycles. The number of esters is 1. The van der Waals surface area contributed by atoms with Gasteiger partial charge in [-0.1, -0.05) is 0 Å². The molecule has 0 aliphatic heterocycles. The maximum Gasteiger partial charge on any atom is 0.352 e. The van der Waals surface area contributed by atoms with E-state index in [0.717, 1.165) is 0 Å². The second kappa shape index (κ2) is 6.32. The zero-order chi connectivity index (χ0) is 18.1. The van der Waals surface area contributed by atoms with Crippen LogP contribution in [0.15, 0.2) is 15.3 Å². The highest BCUT2D eigenvalue weighted by Gasteiger charge is 2.21. The van der Waals surface area contributed by atoms with Gasteiger partial charge >= 0.3 is 11.6 Å². The van der Waals surface area contributed by atoms with Gasteiger partial charge in [-0.05, 0) is 46.2 Å². The highest BCUT2D eigenvalue weighted by atomic mass is 16.5. The number of anilines is 1. The van der Waals surface area contributed by atoms with Crippen LogP contribution in [-0.4, -0.2) is 23.1 Å². The molecule has 2 aromatic rings. The van der Waals surface area contributed by atoms with Gasteiger partial charge in [-0.25, -0.2) is 9.59 Å². The molecule has 1 N–H and O–H groups in total. The Hall–Kier alpha value is -2.88. The summed E-state index contributed by atoms with van der Waals surface area (Å²) in [7, 11) is 0. The van der Waals surface area contributed by atoms with Crippen LogP contribution in [0.3, 0.4) is 0 Å². The molecule has 7 heteroatoms. The molecule has 0 aromatic carbocycles. The Morgan fingerprint density at radius 1 is 1.46 bits per heavy atom. The Kier molecular flexibility index (Phi) is 4.60. The van der Waals surface area contributed by atoms with Crippen LogP contribution in [0.1, 0.15) is 49.2 Å². The third-order valence-corrected chi connectivity index (χ3v) is 3.26. The van der Waals surface area contributed by atoms with Gasteiger partial charge < -0.3 is 14.5 Å². The van der Waals surface area contributed by atoms with E-state index in [1.54, 1.807) is 13.8 Å². The molecule has 0 bridgehead atoms. The number of nitriles is 1. The van der Waals surface area contributed by atoms with Gasteiger partial charge in [0.25, 0.3) is 0 Å². The molecule has 0 aliphatic rings. The molecule has 2 heterocycles. The van der Waals surface area contributed by atoms with E-state index in [4.69, 9.17) is 9.15 Å². The summed E-state index contributed by atoms with van der Waals surface area (Å²) < 4.78 is 10.0. The number of nitrogens with one attached hydrogen (secondary N) is 1. The number of hydrogen-bond acceptors (Lipinski definition) is 7. The van der Waals surface area contributed by atoms with Crippen molar-refractivity contribution in [2.75, 3.05) is 11.9 Å². The summed E-state index contributed by atoms with van der Waals surface area (Å²) in [5.74, 6) is -0.426. The first-order valence-corrected chi connectivity index (χ1v) is 7.51. The van der Waals surface area contributed by atoms with E-state index in [-0.39, 0.29) is 23.4 Å². The molecule has 0 spiro atoms. The molecule has 0 fully saturated rings. The number of carbonyl (C=O) groups excluding carboxylic acids is 1. The molecule has 7 nitrogen and oxygen atoms in total. The first-order valence-electron chi connectivity index (χ1n) is 7.51. The lowest BCUT2D eigenvalue weighted by Gasteiger charge is -2.22. The number of carbonyl (C=O) groups is 1. The van der Waals surface area contributed by atoms with Gasteiger partial charge in [0, 0.05) is 10.9 Å². The SMILES string of the molecule is CCOC(=O)c1cc2c(C)c(C#N)c(NC(C)(C)C)nc2oc1=O. The van der Waals surface area contributed by atoms with Crippen LogP contribution in [0.5, 0.6) is 0 Å². The van der Waals surface area contributed by atoms with Gasteiger partial charge in [-0.15, -0.1) is 0 Å². The zero-order valence-electron chi connectivity index (χ0n) is 14.3. The molecule has 2 aromatic heterocycles. The third kappa shape index (κ3) is 3.38. The summed E-state index contributed by atoms with van der Waals surface area (Å²) in [6.45, 7) is 9.28. The first-order chi connectivity index (χ1) is 11.2. The molecular formula is C17H19N3O4. The van der Waals surface area contributed by atoms with Crippen molar-refractivity contribution in [1.29, 1.82) is 5.26 Å². The maximum atomic E-state index is 12.0. The largest absolute Gasteiger partial charge is 0.462 e. The number of aromatic nitrogens is 1. The number of rotatable bonds is 3. The van der Waals surface area contributed by atoms with Gasteiger partial charge in [0.1, 0.15) is 17.5 Å². The van der Waals surface area contributed by atoms with Crippen LogP contribution in [0.25, 0.3) is 11.1 Å². The van der Waals surface area contributed by atoms with Gasteiger partial charge in [-0.3, -0.25) is 0 Å². The zero-order valence-corrected chi connectivity index (χ0v) is 14.3. The van der Waals surface area contributed by atoms with Crippen molar-refractivity contribution in [1.82, 2.24) is 4.98 Å². The topological polar surface area (TPSA) is 105 Å². The lowest BCUT2D eigenvalue weighted by atomic mass is 10.0. The molecule has 126 valence electrons. The van der Waals surface area contributed by atoms with E-state index in [9.17, 15) is 14.9 Å². The summed E-state index contributed by atoms with van der Waals surface area (Å²) in [6.07, 6.45) is 0. The van der Waals surface area contributed by atoms with Crippen LogP contribution in [0.4, 0.5) is 5.82 Å². The smallest absolute Gasteiger partial charge is 0.352 e. The second-order valence-corrected chi connectivity index (χ2v) is 6.33. The van der Waals surface area contributed by atoms with Crippen molar-refractivity contribution in [3.63, 3.8) is 0 Å². The van der Waals surface area contributed by atoms with Crippen molar-refractivity contribution in [3.05, 3.63) is 33.2 Å². The van der Waals surface area contributed by atoms with Gasteiger partial charge in [-0.2, -0.15) is 10.2 Å². The standard InChI is InChI=1S/C17H19N3O4/c1-6-23-15(21)11-7-10-9(2)12(8-18)13(20-17(3,4)5)19-14(10)24-16(11)22/h7H,6H2,1-5H3,(H,19,20). The lowest BCUT2D eigenvalue weighted by Crippen LogP contribution is -2.27. The number of hydrogen-bond donors (Lipinski definition) is 1. The number of fused-ring (bicyclic) bond motifs is 1. The predicted octanol–water partition coefficient (Wildman–Crippen LogP) is 2.76. The number of ether oxygens (including phenoxy) is 1. The molecule has 2 rings (SSSR count). The fraction of sp³-hybridized carbons (Fsp3) is 0.412. The van der Waals surface area contributed by atoms with Crippen LogP contribution in [-0.2, 0) is 4.74 Å². The van der Waals surface area contributed by atoms with Crippen LogP contribution in [0.2, 0.25) is 0 Å². The second-order valence-electron chi connectivity index (χ2n) is 6.33. The molecule has 0 saturated heterocycles. The van der Waals surface area contributed by atoms with E-state index in [2.05, 4.69) is 16.4 Å². The van der Waals surface area contributed by atoms with Gasteiger partial charge in [0.2, 0.25) is 5.71 Å². The fourth-order valence-electron chi connectivity index (χ4n) is 2.22. The minimum Gasteiger partial charge on any atom is -0.462 e. The number of aryl methyl sites for hydroxylation is 1. The van der Waals surface area contributed by atoms with Crippen LogP contribution in [0, 0.1) is 18.3 Å². The monoisotopic (exact) mass is 329 g/mol. The summed E-state index contributed by atoms with van der Waals surface area (Å²) in [5.41, 5.74) is -0.390. The average Bonchev–Trinajstić information content (AvgIpc) is 2.45. The maximum absolute atomic E-state index is 12.0. The Bertz CT molecular complexity index is 901. The molecule has 0 unspecified atom stereocenters. The van der Waals surface area contributed by atoms with E-state index in [1.165, 1.54) is 6.07 Å². The summed E-state index contributed by atoms with van der Waals surface area (Å²) in [4.78, 5) is 28.1. The molecule has 0 radical (unpaired) electrons. The molecular weight excluding hydrogens is 310 g/mol. The normalized spacial score (nSPS) is 11.2. The summed E-state index contributed by atoms with van der Waals surface area (Å²) in [5, 5.41) is 13.0. The average molecular weight is 329 g/mol. The van der Waals surface area contributed by atoms with E-state index in [1.807, 2.05) is 20.8 Å². The number of nitrogens with zero attached hydrogens (tertiary/aromatic N) is 2. The molecule has 0 amide bonds. The van der Waals surface area contributed by atoms with Crippen molar-refractivity contribution in [2.24, 2.45) is 0 Å². The molecule has 24 heavy (non-hydrogen) atoms. The Balaban J connectivity index is 2.73. The molecule has 0 saturated carbocycles. The third-order valence-electron chi connectivity index (χ3n) is 3.26. The summed E-state index contributed by atoms with van der Waals surface area (Å²) in [6, 6.07) is 3.47. The van der Waals surface area contributed by atoms with Gasteiger partial charge in [0.05, 0.1) is 12.2 Å². The number of pyridine rings is 1. The predicted molar refractivity (Wildman–Crippen MR) is 89.1 cm³/mol. The fourth-order valence-corrected chi connectivity index (χ4v) is 2.22. The van der Waals surface area contributed by atoms with Crippen molar-refractivity contribution >= 4 is 22.9 Å². The highest BCUT2D eigenvalue weighted by molar-refractivity contribution is 5.94. The minimum atomic E-state index is -0.820. The summed E-state index contributed by atoms with van der Waals surface area (Å²) >= 11 is 0. The Labute approximate surface area is 139 Å². The van der Waals surface area contributed by atoms with E-state index < -0.39 is 11.6 Å². The van der Waals surface area contributed by atoms with Crippen LogP contribution >= 0.6 is 0 Å². The Morgan fingerprint density at radius 2 is 2.12 bits per heavy atom. The van der Waals surface area contributed by atoms with Crippen molar-refractivity contribution in [2.45, 2.75) is 40.2 Å². The lowest BCUT2D eigenvalue weighted by molar-refractivity contribution is 0.0521. The first kappa shape index (κ1) is 17.5. The van der Waals surface area contributed by atoms with Gasteiger partial charge in [0.15, 0.2) is 0 Å². The van der Waals surface area contributed by atoms with E-state index >= 15 is 0 Å². The quantitative estimate of drug-likeness (QED) is 0.863. The van der Waals surface area contributed by atoms with E-state index in [0.29, 0.717) is 22.3 Å². The van der Waals surface area contributed by atoms with Crippen molar-refractivity contribution < 1.29 is 13.9 Å². The highest BCUT2D eigenvalue weighted by Crippen LogP contribution is 2.27. The Morgan fingerprint density at radius 3 is 2.67 bits per heavy atom.